The predicted molar refractivity (Wildman–Crippen MR) is 176 cm³/mol. The zero-order valence-corrected chi connectivity index (χ0v) is 25.1. The molecule has 0 aromatic heterocycles. The minimum atomic E-state index is -0.526. The van der Waals surface area contributed by atoms with Crippen LogP contribution < -0.4 is 15.5 Å². The minimum absolute atomic E-state index is 0.0893. The van der Waals surface area contributed by atoms with Gasteiger partial charge in [0.2, 0.25) is 5.91 Å². The molecule has 0 radical (unpaired) electrons. The summed E-state index contributed by atoms with van der Waals surface area (Å²) < 4.78 is 0. The number of carbonyl (C=O) groups is 2. The average Bonchev–Trinajstić information content (AvgIpc) is 3.01. The fraction of sp³-hybridized carbons (Fsp3) is 0.118. The Hall–Kier alpha value is -3.91. The van der Waals surface area contributed by atoms with Gasteiger partial charge in [0, 0.05) is 26.2 Å². The molecule has 0 spiro atoms. The molecular formula is C34H28ClN3O2S2. The number of thioether (sulfide) groups is 2. The molecule has 1 aliphatic carbocycles. The molecule has 3 atom stereocenters. The number of para-hydroxylation sites is 1. The van der Waals surface area contributed by atoms with Gasteiger partial charge in [0.15, 0.2) is 0 Å². The van der Waals surface area contributed by atoms with Gasteiger partial charge in [-0.15, -0.1) is 23.5 Å². The quantitative estimate of drug-likeness (QED) is 0.214. The number of nitrogens with one attached hydrogen (secondary N) is 2. The second-order valence-corrected chi connectivity index (χ2v) is 12.8. The molecule has 2 N–H and O–H groups in total. The van der Waals surface area contributed by atoms with Gasteiger partial charge < -0.3 is 10.6 Å². The summed E-state index contributed by atoms with van der Waals surface area (Å²) >= 11 is 9.50. The predicted octanol–water partition coefficient (Wildman–Crippen LogP) is 9.13. The maximum absolute atomic E-state index is 13.8. The molecule has 6 rings (SSSR count). The summed E-state index contributed by atoms with van der Waals surface area (Å²) in [4.78, 5) is 31.2. The van der Waals surface area contributed by atoms with E-state index in [9.17, 15) is 9.59 Å². The zero-order valence-electron chi connectivity index (χ0n) is 22.7. The highest BCUT2D eigenvalue weighted by molar-refractivity contribution is 8.00. The van der Waals surface area contributed by atoms with Gasteiger partial charge in [0.25, 0.3) is 0 Å². The number of amides is 3. The van der Waals surface area contributed by atoms with Crippen LogP contribution in [0.5, 0.6) is 0 Å². The minimum Gasteiger partial charge on any atom is -0.325 e. The van der Waals surface area contributed by atoms with Crippen LogP contribution in [0.15, 0.2) is 131 Å². The topological polar surface area (TPSA) is 61.4 Å². The van der Waals surface area contributed by atoms with Gasteiger partial charge in [-0.2, -0.15) is 0 Å². The number of halogens is 1. The second kappa shape index (κ2) is 12.5. The van der Waals surface area contributed by atoms with Crippen molar-refractivity contribution in [3.05, 3.63) is 138 Å². The molecule has 1 heterocycles. The number of fused-ring (bicyclic) bond motifs is 2. The summed E-state index contributed by atoms with van der Waals surface area (Å²) in [5, 5.41) is 6.39. The Balaban J connectivity index is 1.24. The standard InChI is InChI=1S/C34H28ClN3O2S2/c1-22-26(35)15-10-16-27(22)37-33(39)32(23-11-3-2-4-12-23)41-25-14-9-13-24(21-25)36-34(40)38-28-17-5-7-19-30(28)42-31-20-8-6-18-29(31)38/h2-21,28,30,32H,1H3,(H,36,40)(H,37,39). The highest BCUT2D eigenvalue weighted by Gasteiger charge is 2.36. The number of urea groups is 1. The molecule has 3 amide bonds. The van der Waals surface area contributed by atoms with Crippen molar-refractivity contribution in [2.45, 2.75) is 33.3 Å². The van der Waals surface area contributed by atoms with Gasteiger partial charge in [0.05, 0.1) is 17.0 Å². The molecule has 1 aliphatic heterocycles. The maximum atomic E-state index is 13.8. The van der Waals surface area contributed by atoms with Gasteiger partial charge in [-0.3, -0.25) is 9.69 Å². The van der Waals surface area contributed by atoms with Crippen LogP contribution in [0.1, 0.15) is 16.4 Å². The van der Waals surface area contributed by atoms with Crippen LogP contribution in [0.2, 0.25) is 5.02 Å². The van der Waals surface area contributed by atoms with Gasteiger partial charge in [-0.25, -0.2) is 4.79 Å². The molecule has 2 aliphatic rings. The van der Waals surface area contributed by atoms with Crippen molar-refractivity contribution in [2.75, 3.05) is 15.5 Å². The number of hydrogen-bond donors (Lipinski definition) is 2. The zero-order chi connectivity index (χ0) is 29.1. The number of hydrogen-bond acceptors (Lipinski definition) is 4. The third-order valence-corrected chi connectivity index (χ3v) is 10.1. The molecule has 4 aromatic rings. The van der Waals surface area contributed by atoms with E-state index in [0.717, 1.165) is 26.6 Å². The lowest BCUT2D eigenvalue weighted by Gasteiger charge is -2.40. The average molecular weight is 610 g/mol. The monoisotopic (exact) mass is 609 g/mol. The number of carbonyl (C=O) groups excluding carboxylic acids is 2. The Morgan fingerprint density at radius 2 is 1.64 bits per heavy atom. The van der Waals surface area contributed by atoms with Crippen molar-refractivity contribution in [2.24, 2.45) is 0 Å². The molecule has 0 saturated carbocycles. The van der Waals surface area contributed by atoms with Crippen LogP contribution in [0, 0.1) is 6.92 Å². The molecule has 0 saturated heterocycles. The molecule has 3 unspecified atom stereocenters. The van der Waals surface area contributed by atoms with Crippen LogP contribution >= 0.6 is 35.1 Å². The lowest BCUT2D eigenvalue weighted by Crippen LogP contribution is -2.49. The summed E-state index contributed by atoms with van der Waals surface area (Å²) in [7, 11) is 0. The Bertz CT molecular complexity index is 1690. The fourth-order valence-corrected chi connectivity index (χ4v) is 7.55. The maximum Gasteiger partial charge on any atom is 0.326 e. The van der Waals surface area contributed by atoms with E-state index in [1.807, 2.05) is 109 Å². The fourth-order valence-electron chi connectivity index (χ4n) is 5.03. The van der Waals surface area contributed by atoms with Crippen LogP contribution in [-0.2, 0) is 4.79 Å². The van der Waals surface area contributed by atoms with E-state index >= 15 is 0 Å². The van der Waals surface area contributed by atoms with E-state index in [0.29, 0.717) is 16.4 Å². The van der Waals surface area contributed by atoms with E-state index in [1.165, 1.54) is 11.8 Å². The first-order valence-corrected chi connectivity index (χ1v) is 15.7. The molecule has 5 nitrogen and oxygen atoms in total. The largest absolute Gasteiger partial charge is 0.326 e. The van der Waals surface area contributed by atoms with E-state index in [1.54, 1.807) is 17.8 Å². The van der Waals surface area contributed by atoms with E-state index < -0.39 is 5.25 Å². The SMILES string of the molecule is Cc1c(Cl)cccc1NC(=O)C(Sc1cccc(NC(=O)N2c3ccccc3SC3C=CC=CC32)c1)c1ccccc1. The summed E-state index contributed by atoms with van der Waals surface area (Å²) in [5.41, 5.74) is 3.92. The van der Waals surface area contributed by atoms with Crippen molar-refractivity contribution < 1.29 is 9.59 Å². The Morgan fingerprint density at radius 1 is 0.881 bits per heavy atom. The van der Waals surface area contributed by atoms with Crippen molar-refractivity contribution in [1.29, 1.82) is 0 Å². The van der Waals surface area contributed by atoms with Gasteiger partial charge >= 0.3 is 6.03 Å². The lowest BCUT2D eigenvalue weighted by molar-refractivity contribution is -0.115. The highest BCUT2D eigenvalue weighted by Crippen LogP contribution is 2.44. The number of benzene rings is 4. The molecular weight excluding hydrogens is 582 g/mol. The first-order valence-electron chi connectivity index (χ1n) is 13.6. The van der Waals surface area contributed by atoms with E-state index in [2.05, 4.69) is 28.9 Å². The highest BCUT2D eigenvalue weighted by atomic mass is 35.5. The second-order valence-electron chi connectivity index (χ2n) is 9.95. The van der Waals surface area contributed by atoms with Crippen molar-refractivity contribution in [1.82, 2.24) is 0 Å². The van der Waals surface area contributed by atoms with Crippen molar-refractivity contribution in [3.8, 4) is 0 Å². The third kappa shape index (κ3) is 6.00. The van der Waals surface area contributed by atoms with Crippen LogP contribution in [0.3, 0.4) is 0 Å². The Morgan fingerprint density at radius 3 is 2.50 bits per heavy atom. The third-order valence-electron chi connectivity index (χ3n) is 7.17. The van der Waals surface area contributed by atoms with Crippen molar-refractivity contribution >= 4 is 64.1 Å². The molecule has 0 fully saturated rings. The molecule has 4 aromatic carbocycles. The first-order chi connectivity index (χ1) is 20.5. The summed E-state index contributed by atoms with van der Waals surface area (Å²) in [6.07, 6.45) is 8.24. The number of allylic oxidation sites excluding steroid dienone is 2. The van der Waals surface area contributed by atoms with Gasteiger partial charge in [-0.05, 0) is 60.5 Å². The Labute approximate surface area is 259 Å². The molecule has 210 valence electrons. The van der Waals surface area contributed by atoms with Crippen LogP contribution in [-0.4, -0.2) is 23.2 Å². The number of nitrogens with zero attached hydrogens (tertiary/aromatic N) is 1. The smallest absolute Gasteiger partial charge is 0.325 e. The summed E-state index contributed by atoms with van der Waals surface area (Å²) in [6.45, 7) is 1.88. The van der Waals surface area contributed by atoms with Crippen LogP contribution in [0.25, 0.3) is 0 Å². The molecule has 8 heteroatoms. The van der Waals surface area contributed by atoms with Crippen molar-refractivity contribution in [3.63, 3.8) is 0 Å². The summed E-state index contributed by atoms with van der Waals surface area (Å²) in [5.74, 6) is -0.156. The molecule has 42 heavy (non-hydrogen) atoms. The lowest BCUT2D eigenvalue weighted by atomic mass is 10.1. The van der Waals surface area contributed by atoms with E-state index in [4.69, 9.17) is 11.6 Å². The van der Waals surface area contributed by atoms with Gasteiger partial charge in [-0.1, -0.05) is 90.5 Å². The normalized spacial score (nSPS) is 17.6. The van der Waals surface area contributed by atoms with Gasteiger partial charge in [0.1, 0.15) is 5.25 Å². The van der Waals surface area contributed by atoms with E-state index in [-0.39, 0.29) is 23.2 Å². The van der Waals surface area contributed by atoms with Crippen LogP contribution in [0.4, 0.5) is 21.9 Å². The molecule has 0 bridgehead atoms. The first kappa shape index (κ1) is 28.2. The Kier molecular flexibility index (Phi) is 8.42. The summed E-state index contributed by atoms with van der Waals surface area (Å²) in [6, 6.07) is 30.5. The number of rotatable bonds is 6. The number of anilines is 3.